The van der Waals surface area contributed by atoms with Crippen molar-refractivity contribution in [1.82, 2.24) is 10.2 Å². The fourth-order valence-corrected chi connectivity index (χ4v) is 0.860. The molecule has 3 heteroatoms. The molecule has 0 aromatic rings. The molecule has 2 amide bonds. The predicted molar refractivity (Wildman–Crippen MR) is 42.0 cm³/mol. The number of hydrogen-bond acceptors (Lipinski definition) is 1. The molecule has 10 heavy (non-hydrogen) atoms. The van der Waals surface area contributed by atoms with Crippen molar-refractivity contribution in [1.29, 1.82) is 0 Å². The van der Waals surface area contributed by atoms with E-state index in [9.17, 15) is 4.79 Å². The number of hydrogen-bond donors (Lipinski definition) is 1. The van der Waals surface area contributed by atoms with E-state index in [4.69, 9.17) is 0 Å². The van der Waals surface area contributed by atoms with Crippen LogP contribution in [0.3, 0.4) is 0 Å². The number of urea groups is 1. The summed E-state index contributed by atoms with van der Waals surface area (Å²) in [7, 11) is 1.79. The molecule has 1 rings (SSSR count). The SMILES string of the molecule is CC.CC1CN(C)C(=O)N1. The molecule has 0 bridgehead atoms. The van der Waals surface area contributed by atoms with Crippen LogP contribution >= 0.6 is 0 Å². The fourth-order valence-electron chi connectivity index (χ4n) is 0.860. The summed E-state index contributed by atoms with van der Waals surface area (Å²) in [6.45, 7) is 6.82. The summed E-state index contributed by atoms with van der Waals surface area (Å²) in [6, 6.07) is 0.366. The molecule has 1 atom stereocenters. The number of likely N-dealkylation sites (N-methyl/N-ethyl adjacent to an activating group) is 1. The monoisotopic (exact) mass is 144 g/mol. The van der Waals surface area contributed by atoms with Gasteiger partial charge in [0.15, 0.2) is 0 Å². The van der Waals surface area contributed by atoms with Crippen LogP contribution in [-0.2, 0) is 0 Å². The summed E-state index contributed by atoms with van der Waals surface area (Å²) in [4.78, 5) is 12.3. The summed E-state index contributed by atoms with van der Waals surface area (Å²) in [5.41, 5.74) is 0. The topological polar surface area (TPSA) is 32.3 Å². The maximum absolute atomic E-state index is 10.6. The van der Waals surface area contributed by atoms with Crippen LogP contribution in [0.15, 0.2) is 0 Å². The lowest BCUT2D eigenvalue weighted by Gasteiger charge is -2.02. The molecule has 0 radical (unpaired) electrons. The van der Waals surface area contributed by atoms with Gasteiger partial charge in [-0.2, -0.15) is 0 Å². The molecule has 1 saturated heterocycles. The largest absolute Gasteiger partial charge is 0.334 e. The maximum Gasteiger partial charge on any atom is 0.317 e. The Labute approximate surface area is 62.4 Å². The molecule has 1 aliphatic heterocycles. The van der Waals surface area contributed by atoms with E-state index in [-0.39, 0.29) is 6.03 Å². The van der Waals surface area contributed by atoms with Crippen molar-refractivity contribution in [3.63, 3.8) is 0 Å². The summed E-state index contributed by atoms with van der Waals surface area (Å²) in [5.74, 6) is 0. The Morgan fingerprint density at radius 1 is 1.60 bits per heavy atom. The van der Waals surface area contributed by atoms with Gasteiger partial charge in [0.05, 0.1) is 0 Å². The molecule has 0 spiro atoms. The van der Waals surface area contributed by atoms with Gasteiger partial charge in [0, 0.05) is 19.6 Å². The first-order chi connectivity index (χ1) is 4.70. The van der Waals surface area contributed by atoms with Crippen LogP contribution in [0.1, 0.15) is 20.8 Å². The molecule has 0 aromatic heterocycles. The zero-order chi connectivity index (χ0) is 8.15. The Bertz CT molecular complexity index is 114. The van der Waals surface area contributed by atoms with Gasteiger partial charge in [-0.3, -0.25) is 0 Å². The van der Waals surface area contributed by atoms with E-state index in [1.54, 1.807) is 11.9 Å². The van der Waals surface area contributed by atoms with Gasteiger partial charge >= 0.3 is 6.03 Å². The summed E-state index contributed by atoms with van der Waals surface area (Å²) in [6.07, 6.45) is 0. The Morgan fingerprint density at radius 3 is 2.20 bits per heavy atom. The molecule has 1 fully saturated rings. The first-order valence-electron chi connectivity index (χ1n) is 3.72. The summed E-state index contributed by atoms with van der Waals surface area (Å²) < 4.78 is 0. The predicted octanol–water partition coefficient (Wildman–Crippen LogP) is 1.06. The van der Waals surface area contributed by atoms with Gasteiger partial charge in [-0.15, -0.1) is 0 Å². The third-order valence-electron chi connectivity index (χ3n) is 1.26. The lowest BCUT2D eigenvalue weighted by Crippen LogP contribution is -2.25. The Kier molecular flexibility index (Phi) is 3.84. The normalized spacial score (nSPS) is 23.4. The molecule has 0 saturated carbocycles. The minimum absolute atomic E-state index is 0.0394. The molecule has 1 N–H and O–H groups in total. The number of nitrogens with one attached hydrogen (secondary N) is 1. The second kappa shape index (κ2) is 4.14. The van der Waals surface area contributed by atoms with E-state index in [0.717, 1.165) is 6.54 Å². The van der Waals surface area contributed by atoms with Crippen LogP contribution in [0.4, 0.5) is 4.79 Å². The minimum atomic E-state index is 0.0394. The van der Waals surface area contributed by atoms with E-state index in [1.165, 1.54) is 0 Å². The number of rotatable bonds is 0. The van der Waals surface area contributed by atoms with Crippen LogP contribution in [0.2, 0.25) is 0 Å². The van der Waals surface area contributed by atoms with E-state index < -0.39 is 0 Å². The maximum atomic E-state index is 10.6. The molecule has 1 aliphatic rings. The van der Waals surface area contributed by atoms with Crippen molar-refractivity contribution in [2.24, 2.45) is 0 Å². The Balaban J connectivity index is 0.000000371. The molecular formula is C7H16N2O. The number of amides is 2. The van der Waals surface area contributed by atoms with Crippen LogP contribution < -0.4 is 5.32 Å². The van der Waals surface area contributed by atoms with Gasteiger partial charge in [-0.1, -0.05) is 13.8 Å². The van der Waals surface area contributed by atoms with Crippen LogP contribution in [0, 0.1) is 0 Å². The van der Waals surface area contributed by atoms with Crippen molar-refractivity contribution in [3.8, 4) is 0 Å². The second-order valence-corrected chi connectivity index (χ2v) is 2.23. The third kappa shape index (κ3) is 2.25. The highest BCUT2D eigenvalue weighted by atomic mass is 16.2. The molecule has 3 nitrogen and oxygen atoms in total. The molecule has 1 unspecified atom stereocenters. The number of carbonyl (C=O) groups is 1. The smallest absolute Gasteiger partial charge is 0.317 e. The fraction of sp³-hybridized carbons (Fsp3) is 0.857. The van der Waals surface area contributed by atoms with Gasteiger partial charge in [0.2, 0.25) is 0 Å². The van der Waals surface area contributed by atoms with Gasteiger partial charge in [0.1, 0.15) is 0 Å². The average Bonchev–Trinajstić information content (AvgIpc) is 2.16. The quantitative estimate of drug-likeness (QED) is 0.541. The minimum Gasteiger partial charge on any atom is -0.334 e. The average molecular weight is 144 g/mol. The highest BCUT2D eigenvalue weighted by Gasteiger charge is 2.20. The first kappa shape index (κ1) is 9.27. The third-order valence-corrected chi connectivity index (χ3v) is 1.26. The molecule has 0 aromatic carbocycles. The Morgan fingerprint density at radius 2 is 2.10 bits per heavy atom. The molecule has 60 valence electrons. The van der Waals surface area contributed by atoms with Gasteiger partial charge in [-0.25, -0.2) is 4.79 Å². The lowest BCUT2D eigenvalue weighted by molar-refractivity contribution is 0.226. The van der Waals surface area contributed by atoms with Gasteiger partial charge in [-0.05, 0) is 6.92 Å². The molecule has 0 aliphatic carbocycles. The van der Waals surface area contributed by atoms with Crippen LogP contribution in [0.25, 0.3) is 0 Å². The lowest BCUT2D eigenvalue weighted by atomic mass is 10.4. The van der Waals surface area contributed by atoms with Crippen molar-refractivity contribution in [3.05, 3.63) is 0 Å². The van der Waals surface area contributed by atoms with Gasteiger partial charge in [0.25, 0.3) is 0 Å². The summed E-state index contributed by atoms with van der Waals surface area (Å²) >= 11 is 0. The Hall–Kier alpha value is -0.730. The van der Waals surface area contributed by atoms with Crippen molar-refractivity contribution < 1.29 is 4.79 Å². The van der Waals surface area contributed by atoms with E-state index >= 15 is 0 Å². The first-order valence-corrected chi connectivity index (χ1v) is 3.72. The molecule has 1 heterocycles. The standard InChI is InChI=1S/C5H10N2O.C2H6/c1-4-3-7(2)5(8)6-4;1-2/h4H,3H2,1-2H3,(H,6,8);1-2H3. The second-order valence-electron chi connectivity index (χ2n) is 2.23. The zero-order valence-corrected chi connectivity index (χ0v) is 7.14. The van der Waals surface area contributed by atoms with Gasteiger partial charge < -0.3 is 10.2 Å². The highest BCUT2D eigenvalue weighted by molar-refractivity contribution is 5.76. The highest BCUT2D eigenvalue weighted by Crippen LogP contribution is 1.97. The van der Waals surface area contributed by atoms with Crippen molar-refractivity contribution in [2.75, 3.05) is 13.6 Å². The van der Waals surface area contributed by atoms with Crippen molar-refractivity contribution >= 4 is 6.03 Å². The number of carbonyl (C=O) groups excluding carboxylic acids is 1. The van der Waals surface area contributed by atoms with E-state index in [2.05, 4.69) is 5.32 Å². The summed E-state index contributed by atoms with van der Waals surface area (Å²) in [5, 5.41) is 2.75. The van der Waals surface area contributed by atoms with Crippen molar-refractivity contribution in [2.45, 2.75) is 26.8 Å². The van der Waals surface area contributed by atoms with E-state index in [1.807, 2.05) is 20.8 Å². The number of nitrogens with zero attached hydrogens (tertiary/aromatic N) is 1. The van der Waals surface area contributed by atoms with Crippen LogP contribution in [-0.4, -0.2) is 30.6 Å². The zero-order valence-electron chi connectivity index (χ0n) is 7.14. The van der Waals surface area contributed by atoms with Crippen LogP contribution in [0.5, 0.6) is 0 Å². The van der Waals surface area contributed by atoms with E-state index in [0.29, 0.717) is 6.04 Å². The molecular weight excluding hydrogens is 128 g/mol.